The van der Waals surface area contributed by atoms with Gasteiger partial charge in [0.2, 0.25) is 17.2 Å². The van der Waals surface area contributed by atoms with Gasteiger partial charge in [-0.25, -0.2) is 0 Å². The summed E-state index contributed by atoms with van der Waals surface area (Å²) < 4.78 is 1.86. The predicted octanol–water partition coefficient (Wildman–Crippen LogP) is 4.64. The van der Waals surface area contributed by atoms with E-state index < -0.39 is 0 Å². The Labute approximate surface area is 145 Å². The Bertz CT molecular complexity index is 634. The van der Waals surface area contributed by atoms with Gasteiger partial charge in [-0.15, -0.1) is 0 Å². The Morgan fingerprint density at radius 3 is 2.52 bits per heavy atom. The van der Waals surface area contributed by atoms with Crippen LogP contribution in [-0.4, -0.2) is 28.0 Å². The van der Waals surface area contributed by atoms with Crippen molar-refractivity contribution in [3.8, 4) is 0 Å². The zero-order valence-corrected chi connectivity index (χ0v) is 15.5. The van der Waals surface area contributed by atoms with Gasteiger partial charge < -0.3 is 10.2 Å². The Kier molecular flexibility index (Phi) is 5.78. The maximum atomic E-state index is 6.00. The van der Waals surface area contributed by atoms with Gasteiger partial charge in [-0.3, -0.25) is 0 Å². The summed E-state index contributed by atoms with van der Waals surface area (Å²) in [4.78, 5) is 14.7. The average Bonchev–Trinajstić information content (AvgIpc) is 2.44. The Hall–Kier alpha value is -0.920. The lowest BCUT2D eigenvalue weighted by molar-refractivity contribution is 0.814. The lowest BCUT2D eigenvalue weighted by Crippen LogP contribution is -2.24. The molecule has 0 aliphatic carbocycles. The van der Waals surface area contributed by atoms with Crippen LogP contribution in [-0.2, 0) is 0 Å². The molecule has 5 nitrogen and oxygen atoms in total. The van der Waals surface area contributed by atoms with Crippen LogP contribution in [0.5, 0.6) is 0 Å². The fraction of sp³-hybridized carbons (Fsp3) is 0.308. The second-order valence-electron chi connectivity index (χ2n) is 4.15. The second-order valence-corrected chi connectivity index (χ2v) is 6.26. The molecule has 1 aromatic heterocycles. The standard InChI is InChI=1S/C13H14Br2ClN5/c1-3-21(4-2)13-19-11(16)18-12(20-13)17-10-7-8(14)5-6-9(10)15/h5-7H,3-4H2,1-2H3,(H,17,18,19,20). The van der Waals surface area contributed by atoms with E-state index >= 15 is 0 Å². The van der Waals surface area contributed by atoms with Crippen molar-refractivity contribution in [3.05, 3.63) is 32.4 Å². The monoisotopic (exact) mass is 433 g/mol. The molecule has 0 saturated heterocycles. The molecule has 0 unspecified atom stereocenters. The molecule has 0 amide bonds. The molecule has 0 aliphatic rings. The molecule has 0 radical (unpaired) electrons. The molecule has 0 spiro atoms. The molecule has 0 bridgehead atoms. The normalized spacial score (nSPS) is 10.5. The molecule has 1 aromatic carbocycles. The van der Waals surface area contributed by atoms with Crippen LogP contribution in [0.25, 0.3) is 0 Å². The summed E-state index contributed by atoms with van der Waals surface area (Å²) in [6.07, 6.45) is 0. The molecule has 8 heteroatoms. The van der Waals surface area contributed by atoms with Crippen molar-refractivity contribution >= 4 is 61.0 Å². The highest BCUT2D eigenvalue weighted by Crippen LogP contribution is 2.28. The number of aromatic nitrogens is 3. The molecule has 112 valence electrons. The first-order valence-corrected chi connectivity index (χ1v) is 8.38. The van der Waals surface area contributed by atoms with Gasteiger partial charge in [0.25, 0.3) is 0 Å². The molecule has 0 atom stereocenters. The summed E-state index contributed by atoms with van der Waals surface area (Å²) in [6.45, 7) is 5.69. The van der Waals surface area contributed by atoms with Crippen LogP contribution in [0.3, 0.4) is 0 Å². The Morgan fingerprint density at radius 2 is 1.86 bits per heavy atom. The molecule has 0 saturated carbocycles. The van der Waals surface area contributed by atoms with Crippen molar-refractivity contribution in [2.24, 2.45) is 0 Å². The molecule has 21 heavy (non-hydrogen) atoms. The third-order valence-corrected chi connectivity index (χ3v) is 4.17. The highest BCUT2D eigenvalue weighted by molar-refractivity contribution is 9.11. The van der Waals surface area contributed by atoms with Gasteiger partial charge in [-0.2, -0.15) is 15.0 Å². The van der Waals surface area contributed by atoms with Gasteiger partial charge in [0.1, 0.15) is 0 Å². The quantitative estimate of drug-likeness (QED) is 0.742. The summed E-state index contributed by atoms with van der Waals surface area (Å²) >= 11 is 12.9. The number of anilines is 3. The largest absolute Gasteiger partial charge is 0.341 e. The van der Waals surface area contributed by atoms with E-state index in [1.807, 2.05) is 36.9 Å². The smallest absolute Gasteiger partial charge is 0.233 e. The van der Waals surface area contributed by atoms with Gasteiger partial charge in [-0.05, 0) is 59.6 Å². The topological polar surface area (TPSA) is 53.9 Å². The van der Waals surface area contributed by atoms with Crippen molar-refractivity contribution in [1.82, 2.24) is 15.0 Å². The zero-order valence-electron chi connectivity index (χ0n) is 11.6. The first-order chi connectivity index (χ1) is 10.0. The van der Waals surface area contributed by atoms with E-state index in [-0.39, 0.29) is 5.28 Å². The molecule has 2 rings (SSSR count). The predicted molar refractivity (Wildman–Crippen MR) is 93.5 cm³/mol. The third-order valence-electron chi connectivity index (χ3n) is 2.82. The molecule has 1 N–H and O–H groups in total. The van der Waals surface area contributed by atoms with Crippen LogP contribution in [0.15, 0.2) is 27.1 Å². The van der Waals surface area contributed by atoms with E-state index in [9.17, 15) is 0 Å². The van der Waals surface area contributed by atoms with E-state index in [2.05, 4.69) is 52.1 Å². The average molecular weight is 436 g/mol. The van der Waals surface area contributed by atoms with Crippen LogP contribution < -0.4 is 10.2 Å². The van der Waals surface area contributed by atoms with Crippen LogP contribution in [0.2, 0.25) is 5.28 Å². The van der Waals surface area contributed by atoms with E-state index in [0.717, 1.165) is 27.7 Å². The van der Waals surface area contributed by atoms with Crippen LogP contribution >= 0.6 is 43.5 Å². The minimum atomic E-state index is 0.167. The van der Waals surface area contributed by atoms with E-state index in [0.29, 0.717) is 11.9 Å². The zero-order chi connectivity index (χ0) is 15.4. The minimum absolute atomic E-state index is 0.167. The summed E-state index contributed by atoms with van der Waals surface area (Å²) in [5.41, 5.74) is 0.845. The van der Waals surface area contributed by atoms with Crippen LogP contribution in [0.4, 0.5) is 17.6 Å². The summed E-state index contributed by atoms with van der Waals surface area (Å²) in [7, 11) is 0. The highest BCUT2D eigenvalue weighted by Gasteiger charge is 2.11. The van der Waals surface area contributed by atoms with Crippen LogP contribution in [0.1, 0.15) is 13.8 Å². The number of benzene rings is 1. The maximum absolute atomic E-state index is 6.00. The van der Waals surface area contributed by atoms with E-state index in [4.69, 9.17) is 11.6 Å². The first-order valence-electron chi connectivity index (χ1n) is 6.42. The SMILES string of the molecule is CCN(CC)c1nc(Cl)nc(Nc2cc(Br)ccc2Br)n1. The maximum Gasteiger partial charge on any atom is 0.233 e. The lowest BCUT2D eigenvalue weighted by atomic mass is 10.3. The number of halogens is 3. The molecule has 1 heterocycles. The second kappa shape index (κ2) is 7.38. The molecule has 0 fully saturated rings. The summed E-state index contributed by atoms with van der Waals surface area (Å²) in [5.74, 6) is 0.976. The fourth-order valence-electron chi connectivity index (χ4n) is 1.76. The van der Waals surface area contributed by atoms with Crippen molar-refractivity contribution in [1.29, 1.82) is 0 Å². The number of rotatable bonds is 5. The first kappa shape index (κ1) is 16.5. The van der Waals surface area contributed by atoms with Gasteiger partial charge in [0.15, 0.2) is 0 Å². The lowest BCUT2D eigenvalue weighted by Gasteiger charge is -2.19. The van der Waals surface area contributed by atoms with Crippen molar-refractivity contribution in [2.45, 2.75) is 13.8 Å². The molecular weight excluding hydrogens is 421 g/mol. The summed E-state index contributed by atoms with van der Waals surface area (Å²) in [5, 5.41) is 3.31. The van der Waals surface area contributed by atoms with Crippen molar-refractivity contribution < 1.29 is 0 Å². The Morgan fingerprint density at radius 1 is 1.14 bits per heavy atom. The van der Waals surface area contributed by atoms with Gasteiger partial charge >= 0.3 is 0 Å². The van der Waals surface area contributed by atoms with Crippen LogP contribution in [0, 0.1) is 0 Å². The molecule has 2 aromatic rings. The molecular formula is C13H14Br2ClN5. The number of hydrogen-bond acceptors (Lipinski definition) is 5. The van der Waals surface area contributed by atoms with Gasteiger partial charge in [0, 0.05) is 22.0 Å². The number of nitrogens with zero attached hydrogens (tertiary/aromatic N) is 4. The fourth-order valence-corrected chi connectivity index (χ4v) is 2.62. The van der Waals surface area contributed by atoms with Crippen molar-refractivity contribution in [3.63, 3.8) is 0 Å². The summed E-state index contributed by atoms with van der Waals surface area (Å²) in [6, 6.07) is 5.80. The number of hydrogen-bond donors (Lipinski definition) is 1. The van der Waals surface area contributed by atoms with Gasteiger partial charge in [-0.1, -0.05) is 15.9 Å². The highest BCUT2D eigenvalue weighted by atomic mass is 79.9. The molecule has 0 aliphatic heterocycles. The number of nitrogens with one attached hydrogen (secondary N) is 1. The Balaban J connectivity index is 2.34. The van der Waals surface area contributed by atoms with Crippen molar-refractivity contribution in [2.75, 3.05) is 23.3 Å². The third kappa shape index (κ3) is 4.28. The van der Waals surface area contributed by atoms with E-state index in [1.165, 1.54) is 0 Å². The minimum Gasteiger partial charge on any atom is -0.341 e. The van der Waals surface area contributed by atoms with Gasteiger partial charge in [0.05, 0.1) is 5.69 Å². The van der Waals surface area contributed by atoms with E-state index in [1.54, 1.807) is 0 Å².